The van der Waals surface area contributed by atoms with Crippen molar-refractivity contribution in [1.82, 2.24) is 9.66 Å². The highest BCUT2D eigenvalue weighted by atomic mass is 79.9. The molecule has 0 fully saturated rings. The number of hydrogen-bond acceptors (Lipinski definition) is 9. The molecule has 12 heteroatoms. The van der Waals surface area contributed by atoms with Crippen LogP contribution in [0.4, 0.5) is 5.69 Å². The van der Waals surface area contributed by atoms with Crippen LogP contribution in [0.3, 0.4) is 0 Å². The lowest BCUT2D eigenvalue weighted by molar-refractivity contribution is -0.386. The van der Waals surface area contributed by atoms with E-state index in [9.17, 15) is 19.7 Å². The first-order valence-corrected chi connectivity index (χ1v) is 12.0. The van der Waals surface area contributed by atoms with Gasteiger partial charge in [0.05, 0.1) is 35.3 Å². The van der Waals surface area contributed by atoms with E-state index >= 15 is 0 Å². The molecule has 0 saturated carbocycles. The van der Waals surface area contributed by atoms with Crippen LogP contribution in [0, 0.1) is 10.1 Å². The summed E-state index contributed by atoms with van der Waals surface area (Å²) in [7, 11) is 0. The smallest absolute Gasteiger partial charge is 0.347 e. The van der Waals surface area contributed by atoms with Gasteiger partial charge < -0.3 is 14.2 Å². The van der Waals surface area contributed by atoms with Crippen LogP contribution in [0.15, 0.2) is 44.7 Å². The summed E-state index contributed by atoms with van der Waals surface area (Å²) < 4.78 is 18.0. The molecule has 190 valence electrons. The predicted octanol–water partition coefficient (Wildman–Crippen LogP) is 4.24. The number of nitro groups is 1. The fourth-order valence-corrected chi connectivity index (χ4v) is 3.71. The third-order valence-electron chi connectivity index (χ3n) is 4.98. The molecule has 0 aliphatic rings. The maximum atomic E-state index is 13.1. The molecule has 1 aromatic heterocycles. The number of fused-ring (bicyclic) bond motifs is 1. The summed E-state index contributed by atoms with van der Waals surface area (Å²) in [4.78, 5) is 40.8. The van der Waals surface area contributed by atoms with Crippen LogP contribution in [0.2, 0.25) is 0 Å². The van der Waals surface area contributed by atoms with E-state index in [2.05, 4.69) is 26.0 Å². The Morgan fingerprint density at radius 1 is 1.25 bits per heavy atom. The molecule has 1 heterocycles. The first kappa shape index (κ1) is 26.8. The fraction of sp³-hybridized carbons (Fsp3) is 0.333. The van der Waals surface area contributed by atoms with Crippen molar-refractivity contribution in [3.8, 4) is 11.5 Å². The Hall–Kier alpha value is -3.80. The first-order valence-electron chi connectivity index (χ1n) is 11.2. The van der Waals surface area contributed by atoms with Crippen molar-refractivity contribution < 1.29 is 23.9 Å². The summed E-state index contributed by atoms with van der Waals surface area (Å²) in [5, 5.41) is 16.5. The lowest BCUT2D eigenvalue weighted by Gasteiger charge is -2.17. The number of carbonyl (C=O) groups is 1. The minimum absolute atomic E-state index is 0.0490. The van der Waals surface area contributed by atoms with Gasteiger partial charge in [0.25, 0.3) is 5.56 Å². The SMILES string of the molecule is CCOC(=O)[C@@H](C)Oc1c(OCC)cc(C=Nn2c(CC)nc3ccc(Br)cc3c2=O)cc1[N+](=O)[O-]. The van der Waals surface area contributed by atoms with Gasteiger partial charge in [-0.1, -0.05) is 22.9 Å². The second-order valence-corrected chi connectivity index (χ2v) is 8.39. The molecule has 0 N–H and O–H groups in total. The van der Waals surface area contributed by atoms with E-state index in [0.29, 0.717) is 23.1 Å². The molecule has 36 heavy (non-hydrogen) atoms. The number of benzene rings is 2. The van der Waals surface area contributed by atoms with Crippen LogP contribution < -0.4 is 15.0 Å². The van der Waals surface area contributed by atoms with Crippen LogP contribution in [-0.4, -0.2) is 46.1 Å². The second kappa shape index (κ2) is 11.8. The zero-order valence-corrected chi connectivity index (χ0v) is 21.8. The minimum Gasteiger partial charge on any atom is -0.490 e. The molecular formula is C24H25BrN4O7. The van der Waals surface area contributed by atoms with Crippen LogP contribution >= 0.6 is 15.9 Å². The number of ether oxygens (including phenoxy) is 3. The van der Waals surface area contributed by atoms with Gasteiger partial charge in [-0.15, -0.1) is 0 Å². The molecule has 3 aromatic rings. The van der Waals surface area contributed by atoms with Crippen LogP contribution in [0.5, 0.6) is 11.5 Å². The highest BCUT2D eigenvalue weighted by Gasteiger charge is 2.27. The molecule has 0 unspecified atom stereocenters. The third-order valence-corrected chi connectivity index (χ3v) is 5.47. The van der Waals surface area contributed by atoms with Crippen molar-refractivity contribution in [2.24, 2.45) is 5.10 Å². The van der Waals surface area contributed by atoms with E-state index in [4.69, 9.17) is 14.2 Å². The predicted molar refractivity (Wildman–Crippen MR) is 137 cm³/mol. The van der Waals surface area contributed by atoms with Crippen LogP contribution in [0.1, 0.15) is 39.1 Å². The number of hydrogen-bond donors (Lipinski definition) is 0. The number of halogens is 1. The molecule has 1 atom stereocenters. The molecule has 0 spiro atoms. The molecule has 0 radical (unpaired) electrons. The molecule has 0 amide bonds. The third kappa shape index (κ3) is 5.88. The number of carbonyl (C=O) groups excluding carboxylic acids is 1. The topological polar surface area (TPSA) is 135 Å². The zero-order chi connectivity index (χ0) is 26.4. The van der Waals surface area contributed by atoms with E-state index < -0.39 is 22.7 Å². The molecule has 0 bridgehead atoms. The van der Waals surface area contributed by atoms with E-state index in [-0.39, 0.29) is 35.8 Å². The number of esters is 1. The normalized spacial score (nSPS) is 12.0. The maximum Gasteiger partial charge on any atom is 0.347 e. The number of nitro benzene ring substituents is 1. The van der Waals surface area contributed by atoms with Gasteiger partial charge in [-0.3, -0.25) is 14.9 Å². The Kier molecular flexibility index (Phi) is 8.75. The largest absolute Gasteiger partial charge is 0.490 e. The lowest BCUT2D eigenvalue weighted by Crippen LogP contribution is -2.26. The second-order valence-electron chi connectivity index (χ2n) is 7.47. The van der Waals surface area contributed by atoms with E-state index in [0.717, 1.165) is 9.15 Å². The van der Waals surface area contributed by atoms with Gasteiger partial charge in [0.1, 0.15) is 5.82 Å². The minimum atomic E-state index is -1.10. The summed E-state index contributed by atoms with van der Waals surface area (Å²) >= 11 is 3.35. The molecular weight excluding hydrogens is 536 g/mol. The zero-order valence-electron chi connectivity index (χ0n) is 20.2. The van der Waals surface area contributed by atoms with E-state index in [1.807, 2.05) is 6.92 Å². The van der Waals surface area contributed by atoms with Gasteiger partial charge in [0, 0.05) is 22.5 Å². The number of aryl methyl sites for hydroxylation is 1. The first-order chi connectivity index (χ1) is 17.2. The van der Waals surface area contributed by atoms with E-state index in [1.165, 1.54) is 25.3 Å². The number of aromatic nitrogens is 2. The van der Waals surface area contributed by atoms with Crippen LogP contribution in [-0.2, 0) is 16.0 Å². The number of rotatable bonds is 10. The summed E-state index contributed by atoms with van der Waals surface area (Å²) in [6.07, 6.45) is 0.637. The Balaban J connectivity index is 2.10. The Morgan fingerprint density at radius 3 is 2.64 bits per heavy atom. The lowest BCUT2D eigenvalue weighted by atomic mass is 10.1. The van der Waals surface area contributed by atoms with E-state index in [1.54, 1.807) is 32.0 Å². The van der Waals surface area contributed by atoms with Crippen molar-refractivity contribution in [2.45, 2.75) is 40.2 Å². The highest BCUT2D eigenvalue weighted by molar-refractivity contribution is 9.10. The van der Waals surface area contributed by atoms with Crippen molar-refractivity contribution >= 4 is 44.7 Å². The van der Waals surface area contributed by atoms with Crippen LogP contribution in [0.25, 0.3) is 10.9 Å². The summed E-state index contributed by atoms with van der Waals surface area (Å²) in [5.41, 5.74) is 0.0156. The van der Waals surface area contributed by atoms with Gasteiger partial charge in [-0.05, 0) is 45.0 Å². The highest BCUT2D eigenvalue weighted by Crippen LogP contribution is 2.39. The van der Waals surface area contributed by atoms with Gasteiger partial charge in [-0.2, -0.15) is 9.78 Å². The molecule has 0 aliphatic heterocycles. The van der Waals surface area contributed by atoms with Crippen molar-refractivity contribution in [2.75, 3.05) is 13.2 Å². The Bertz CT molecular complexity index is 1390. The molecule has 11 nitrogen and oxygen atoms in total. The average molecular weight is 561 g/mol. The summed E-state index contributed by atoms with van der Waals surface area (Å²) in [6.45, 7) is 6.94. The van der Waals surface area contributed by atoms with Gasteiger partial charge >= 0.3 is 11.7 Å². The quantitative estimate of drug-likeness (QED) is 0.155. The number of nitrogens with zero attached hydrogens (tertiary/aromatic N) is 4. The Labute approximate surface area is 215 Å². The molecule has 0 aliphatic carbocycles. The summed E-state index contributed by atoms with van der Waals surface area (Å²) in [5.74, 6) is -0.397. The van der Waals surface area contributed by atoms with Crippen molar-refractivity contribution in [1.29, 1.82) is 0 Å². The van der Waals surface area contributed by atoms with Gasteiger partial charge in [-0.25, -0.2) is 9.78 Å². The molecule has 2 aromatic carbocycles. The monoisotopic (exact) mass is 560 g/mol. The van der Waals surface area contributed by atoms with Crippen molar-refractivity contribution in [3.05, 3.63) is 66.7 Å². The Morgan fingerprint density at radius 2 is 2.00 bits per heavy atom. The average Bonchev–Trinajstić information content (AvgIpc) is 2.84. The standard InChI is InChI=1S/C24H25BrN4O7/c1-5-21-27-18-9-8-16(25)12-17(18)23(30)28(21)26-13-15-10-19(29(32)33)22(20(11-15)34-6-2)36-14(4)24(31)35-7-3/h8-14H,5-7H2,1-4H3/t14-/m1/s1. The van der Waals surface area contributed by atoms with Gasteiger partial charge in [0.2, 0.25) is 5.75 Å². The molecule has 3 rings (SSSR count). The van der Waals surface area contributed by atoms with Crippen molar-refractivity contribution in [3.63, 3.8) is 0 Å². The fourth-order valence-electron chi connectivity index (χ4n) is 3.35. The van der Waals surface area contributed by atoms with Gasteiger partial charge in [0.15, 0.2) is 11.9 Å². The molecule has 0 saturated heterocycles. The summed E-state index contributed by atoms with van der Waals surface area (Å²) in [6, 6.07) is 7.89. The maximum absolute atomic E-state index is 13.1.